The summed E-state index contributed by atoms with van der Waals surface area (Å²) in [5.74, 6) is 0. The van der Waals surface area contributed by atoms with Crippen molar-refractivity contribution in [2.75, 3.05) is 0 Å². The standard InChI is InChI=1S/C24H32O2/c1-3-5-11-19-21-13-17-9-7-8-10-18(17)14-22(21)20(12-6-4-2)24(16-26)23(19)15-25/h7-10,25-26H,3-6,11-16H2,1-2H3. The summed E-state index contributed by atoms with van der Waals surface area (Å²) in [6, 6.07) is 8.74. The third-order valence-corrected chi connectivity index (χ3v) is 5.92. The van der Waals surface area contributed by atoms with E-state index in [-0.39, 0.29) is 13.2 Å². The third kappa shape index (κ3) is 3.58. The highest BCUT2D eigenvalue weighted by Crippen LogP contribution is 2.37. The highest BCUT2D eigenvalue weighted by atomic mass is 16.3. The number of benzene rings is 2. The van der Waals surface area contributed by atoms with E-state index < -0.39 is 0 Å². The molecule has 2 heteroatoms. The van der Waals surface area contributed by atoms with E-state index in [1.165, 1.54) is 33.4 Å². The van der Waals surface area contributed by atoms with Gasteiger partial charge in [-0.05, 0) is 83.0 Å². The lowest BCUT2D eigenvalue weighted by Gasteiger charge is -2.30. The van der Waals surface area contributed by atoms with Crippen molar-refractivity contribution in [1.29, 1.82) is 0 Å². The molecule has 0 saturated heterocycles. The number of hydrogen-bond acceptors (Lipinski definition) is 2. The molecule has 0 unspecified atom stereocenters. The summed E-state index contributed by atoms with van der Waals surface area (Å²) in [7, 11) is 0. The van der Waals surface area contributed by atoms with Gasteiger partial charge in [-0.15, -0.1) is 0 Å². The quantitative estimate of drug-likeness (QED) is 0.608. The van der Waals surface area contributed by atoms with Crippen LogP contribution in [0.2, 0.25) is 0 Å². The van der Waals surface area contributed by atoms with Crippen LogP contribution in [-0.2, 0) is 38.9 Å². The molecule has 2 N–H and O–H groups in total. The Kier molecular flexibility index (Phi) is 6.50. The average Bonchev–Trinajstić information content (AvgIpc) is 2.68. The van der Waals surface area contributed by atoms with Crippen molar-refractivity contribution in [3.05, 3.63) is 68.8 Å². The van der Waals surface area contributed by atoms with Gasteiger partial charge < -0.3 is 10.2 Å². The fraction of sp³-hybridized carbons (Fsp3) is 0.500. The van der Waals surface area contributed by atoms with Crippen LogP contribution in [0.1, 0.15) is 84.0 Å². The van der Waals surface area contributed by atoms with Crippen LogP contribution < -0.4 is 0 Å². The Morgan fingerprint density at radius 3 is 1.46 bits per heavy atom. The molecule has 2 aromatic carbocycles. The molecule has 26 heavy (non-hydrogen) atoms. The highest BCUT2D eigenvalue weighted by Gasteiger charge is 2.26. The molecule has 0 amide bonds. The molecule has 0 radical (unpaired) electrons. The van der Waals surface area contributed by atoms with Crippen LogP contribution in [0.25, 0.3) is 0 Å². The summed E-state index contributed by atoms with van der Waals surface area (Å²) in [5.41, 5.74) is 10.3. The lowest BCUT2D eigenvalue weighted by Crippen LogP contribution is -2.18. The Labute approximate surface area is 157 Å². The van der Waals surface area contributed by atoms with Gasteiger partial charge in [0, 0.05) is 0 Å². The van der Waals surface area contributed by atoms with E-state index in [2.05, 4.69) is 38.1 Å². The van der Waals surface area contributed by atoms with Crippen LogP contribution >= 0.6 is 0 Å². The number of unbranched alkanes of at least 4 members (excludes halogenated alkanes) is 2. The van der Waals surface area contributed by atoms with E-state index in [1.54, 1.807) is 0 Å². The van der Waals surface area contributed by atoms with Crippen molar-refractivity contribution in [2.45, 2.75) is 78.4 Å². The summed E-state index contributed by atoms with van der Waals surface area (Å²) in [5, 5.41) is 20.3. The van der Waals surface area contributed by atoms with E-state index in [1.807, 2.05) is 0 Å². The number of fused-ring (bicyclic) bond motifs is 2. The molecule has 3 rings (SSSR count). The fourth-order valence-corrected chi connectivity index (χ4v) is 4.50. The molecule has 1 aliphatic rings. The maximum absolute atomic E-state index is 10.2. The first-order valence-electron chi connectivity index (χ1n) is 10.2. The Bertz CT molecular complexity index is 697. The van der Waals surface area contributed by atoms with Gasteiger partial charge in [0.2, 0.25) is 0 Å². The first-order chi connectivity index (χ1) is 12.7. The second kappa shape index (κ2) is 8.83. The van der Waals surface area contributed by atoms with Gasteiger partial charge in [-0.2, -0.15) is 0 Å². The van der Waals surface area contributed by atoms with Gasteiger partial charge >= 0.3 is 0 Å². The molecule has 0 bridgehead atoms. The van der Waals surface area contributed by atoms with Crippen LogP contribution in [0.3, 0.4) is 0 Å². The molecule has 2 nitrogen and oxygen atoms in total. The fourth-order valence-electron chi connectivity index (χ4n) is 4.50. The van der Waals surface area contributed by atoms with E-state index in [4.69, 9.17) is 0 Å². The van der Waals surface area contributed by atoms with E-state index in [9.17, 15) is 10.2 Å². The lowest BCUT2D eigenvalue weighted by molar-refractivity contribution is 0.257. The summed E-state index contributed by atoms with van der Waals surface area (Å²) >= 11 is 0. The molecule has 140 valence electrons. The predicted molar refractivity (Wildman–Crippen MR) is 108 cm³/mol. The lowest BCUT2D eigenvalue weighted by atomic mass is 9.75. The summed E-state index contributed by atoms with van der Waals surface area (Å²) in [4.78, 5) is 0. The van der Waals surface area contributed by atoms with Crippen molar-refractivity contribution >= 4 is 0 Å². The Morgan fingerprint density at radius 1 is 0.692 bits per heavy atom. The van der Waals surface area contributed by atoms with Crippen molar-refractivity contribution in [1.82, 2.24) is 0 Å². The molecular formula is C24H32O2. The van der Waals surface area contributed by atoms with Crippen molar-refractivity contribution in [3.63, 3.8) is 0 Å². The number of rotatable bonds is 8. The van der Waals surface area contributed by atoms with E-state index >= 15 is 0 Å². The highest BCUT2D eigenvalue weighted by molar-refractivity contribution is 5.58. The molecular weight excluding hydrogens is 320 g/mol. The van der Waals surface area contributed by atoms with Gasteiger partial charge in [-0.25, -0.2) is 0 Å². The maximum atomic E-state index is 10.2. The van der Waals surface area contributed by atoms with Gasteiger partial charge in [-0.3, -0.25) is 0 Å². The smallest absolute Gasteiger partial charge is 0.0688 e. The second-order valence-corrected chi connectivity index (χ2v) is 7.52. The zero-order valence-corrected chi connectivity index (χ0v) is 16.3. The van der Waals surface area contributed by atoms with Crippen LogP contribution in [0.15, 0.2) is 24.3 Å². The molecule has 0 fully saturated rings. The largest absolute Gasteiger partial charge is 0.392 e. The molecule has 0 heterocycles. The minimum Gasteiger partial charge on any atom is -0.392 e. The maximum Gasteiger partial charge on any atom is 0.0688 e. The Hall–Kier alpha value is -1.64. The normalized spacial score (nSPS) is 12.8. The SMILES string of the molecule is CCCCc1c(CO)c(CO)c(CCCC)c2c1Cc1ccccc1C2. The monoisotopic (exact) mass is 352 g/mol. The van der Waals surface area contributed by atoms with Crippen LogP contribution in [0.5, 0.6) is 0 Å². The molecule has 0 aliphatic heterocycles. The van der Waals surface area contributed by atoms with Crippen LogP contribution in [0, 0.1) is 0 Å². The van der Waals surface area contributed by atoms with Crippen LogP contribution in [0.4, 0.5) is 0 Å². The molecule has 0 spiro atoms. The molecule has 0 saturated carbocycles. The topological polar surface area (TPSA) is 40.5 Å². The van der Waals surface area contributed by atoms with Crippen molar-refractivity contribution in [2.24, 2.45) is 0 Å². The number of aliphatic hydroxyl groups excluding tert-OH is 2. The molecule has 0 atom stereocenters. The molecule has 0 aromatic heterocycles. The minimum absolute atomic E-state index is 0.0307. The molecule has 1 aliphatic carbocycles. The zero-order valence-electron chi connectivity index (χ0n) is 16.3. The summed E-state index contributed by atoms with van der Waals surface area (Å²) < 4.78 is 0. The van der Waals surface area contributed by atoms with E-state index in [0.717, 1.165) is 62.5 Å². The Balaban J connectivity index is 2.20. The average molecular weight is 353 g/mol. The minimum atomic E-state index is 0.0307. The first kappa shape index (κ1) is 19.1. The van der Waals surface area contributed by atoms with Gasteiger partial charge in [0.25, 0.3) is 0 Å². The number of aliphatic hydroxyl groups is 2. The van der Waals surface area contributed by atoms with Crippen molar-refractivity contribution in [3.8, 4) is 0 Å². The Morgan fingerprint density at radius 2 is 1.12 bits per heavy atom. The molecule has 2 aromatic rings. The third-order valence-electron chi connectivity index (χ3n) is 5.92. The summed E-state index contributed by atoms with van der Waals surface area (Å²) in [6.07, 6.45) is 8.45. The van der Waals surface area contributed by atoms with E-state index in [0.29, 0.717) is 0 Å². The predicted octanol–water partition coefficient (Wildman–Crippen LogP) is 4.85. The summed E-state index contributed by atoms with van der Waals surface area (Å²) in [6.45, 7) is 4.48. The second-order valence-electron chi connectivity index (χ2n) is 7.52. The van der Waals surface area contributed by atoms with Gasteiger partial charge in [0.05, 0.1) is 13.2 Å². The number of hydrogen-bond donors (Lipinski definition) is 2. The van der Waals surface area contributed by atoms with Gasteiger partial charge in [0.1, 0.15) is 0 Å². The van der Waals surface area contributed by atoms with Gasteiger partial charge in [-0.1, -0.05) is 51.0 Å². The van der Waals surface area contributed by atoms with Crippen LogP contribution in [-0.4, -0.2) is 10.2 Å². The first-order valence-corrected chi connectivity index (χ1v) is 10.2. The zero-order chi connectivity index (χ0) is 18.5. The van der Waals surface area contributed by atoms with Crippen molar-refractivity contribution < 1.29 is 10.2 Å². The van der Waals surface area contributed by atoms with Gasteiger partial charge in [0.15, 0.2) is 0 Å².